The molecule has 8 heavy (non-hydrogen) atoms. The van der Waals surface area contributed by atoms with E-state index in [-0.39, 0.29) is 6.61 Å². The summed E-state index contributed by atoms with van der Waals surface area (Å²) >= 11 is 0. The van der Waals surface area contributed by atoms with Crippen molar-refractivity contribution in [2.24, 2.45) is 0 Å². The molecule has 3 N–H and O–H groups in total. The third-order valence-electron chi connectivity index (χ3n) is 1.12. The molecule has 0 aromatic heterocycles. The molecule has 1 aliphatic heterocycles. The van der Waals surface area contributed by atoms with Gasteiger partial charge in [-0.1, -0.05) is 0 Å². The summed E-state index contributed by atoms with van der Waals surface area (Å²) in [6, 6.07) is 0. The van der Waals surface area contributed by atoms with Crippen LogP contribution in [-0.4, -0.2) is 40.4 Å². The second-order valence-electron chi connectivity index (χ2n) is 1.78. The highest BCUT2D eigenvalue weighted by Crippen LogP contribution is 2.10. The van der Waals surface area contributed by atoms with E-state index in [1.165, 1.54) is 0 Å². The molecule has 0 aromatic carbocycles. The molecule has 0 saturated carbocycles. The van der Waals surface area contributed by atoms with Gasteiger partial charge in [0.2, 0.25) is 0 Å². The van der Waals surface area contributed by atoms with E-state index in [9.17, 15) is 0 Å². The van der Waals surface area contributed by atoms with Crippen molar-refractivity contribution in [3.05, 3.63) is 0 Å². The molecular formula is C4H8O4. The normalized spacial score (nSPS) is 47.6. The summed E-state index contributed by atoms with van der Waals surface area (Å²) in [6.45, 7) is 0.0162. The molecule has 4 heteroatoms. The molecule has 1 saturated heterocycles. The Morgan fingerprint density at radius 3 is 2.00 bits per heavy atom. The van der Waals surface area contributed by atoms with Gasteiger partial charge in [0.15, 0.2) is 6.29 Å². The summed E-state index contributed by atoms with van der Waals surface area (Å²) in [5, 5.41) is 25.8. The highest BCUT2D eigenvalue weighted by Gasteiger charge is 2.32. The van der Waals surface area contributed by atoms with Crippen LogP contribution in [0.4, 0.5) is 0 Å². The first-order valence-corrected chi connectivity index (χ1v) is 2.37. The Morgan fingerprint density at radius 1 is 1.25 bits per heavy atom. The van der Waals surface area contributed by atoms with Crippen LogP contribution in [-0.2, 0) is 4.74 Å². The number of ether oxygens (including phenoxy) is 1. The minimum Gasteiger partial charge on any atom is -0.388 e. The number of hydrogen-bond acceptors (Lipinski definition) is 4. The van der Waals surface area contributed by atoms with Gasteiger partial charge in [-0.3, -0.25) is 0 Å². The van der Waals surface area contributed by atoms with E-state index in [4.69, 9.17) is 15.3 Å². The third-order valence-corrected chi connectivity index (χ3v) is 1.12. The minimum atomic E-state index is -1.20. The van der Waals surface area contributed by atoms with Gasteiger partial charge < -0.3 is 20.1 Å². The molecule has 0 bridgehead atoms. The molecule has 1 fully saturated rings. The van der Waals surface area contributed by atoms with Crippen molar-refractivity contribution >= 4 is 0 Å². The molecule has 1 aliphatic rings. The van der Waals surface area contributed by atoms with Gasteiger partial charge in [0.25, 0.3) is 0 Å². The Morgan fingerprint density at radius 2 is 1.88 bits per heavy atom. The van der Waals surface area contributed by atoms with Crippen molar-refractivity contribution in [2.75, 3.05) is 6.61 Å². The van der Waals surface area contributed by atoms with Crippen LogP contribution in [0.25, 0.3) is 0 Å². The quantitative estimate of drug-likeness (QED) is 0.348. The maximum absolute atomic E-state index is 8.64. The van der Waals surface area contributed by atoms with Gasteiger partial charge in [-0.05, 0) is 0 Å². The molecule has 0 spiro atoms. The molecule has 0 aliphatic carbocycles. The van der Waals surface area contributed by atoms with E-state index in [1.807, 2.05) is 0 Å². The monoisotopic (exact) mass is 120 g/mol. The van der Waals surface area contributed by atoms with Crippen molar-refractivity contribution < 1.29 is 20.1 Å². The van der Waals surface area contributed by atoms with Crippen LogP contribution in [0.2, 0.25) is 0 Å². The molecule has 3 atom stereocenters. The maximum atomic E-state index is 8.64. The number of aliphatic hydroxyl groups excluding tert-OH is 3. The van der Waals surface area contributed by atoms with Crippen molar-refractivity contribution in [3.8, 4) is 0 Å². The van der Waals surface area contributed by atoms with Crippen LogP contribution in [0.3, 0.4) is 0 Å². The van der Waals surface area contributed by atoms with Crippen molar-refractivity contribution in [3.63, 3.8) is 0 Å². The summed E-state index contributed by atoms with van der Waals surface area (Å²) in [7, 11) is 0. The lowest BCUT2D eigenvalue weighted by atomic mass is 10.2. The van der Waals surface area contributed by atoms with Gasteiger partial charge in [-0.25, -0.2) is 0 Å². The molecule has 0 aromatic rings. The summed E-state index contributed by atoms with van der Waals surface area (Å²) in [5.74, 6) is 0. The van der Waals surface area contributed by atoms with Crippen LogP contribution in [0.1, 0.15) is 0 Å². The molecule has 1 heterocycles. The fourth-order valence-corrected chi connectivity index (χ4v) is 0.584. The van der Waals surface area contributed by atoms with Crippen LogP contribution in [0, 0.1) is 0 Å². The zero-order valence-corrected chi connectivity index (χ0v) is 4.19. The zero-order chi connectivity index (χ0) is 6.15. The van der Waals surface area contributed by atoms with E-state index in [1.54, 1.807) is 0 Å². The fourth-order valence-electron chi connectivity index (χ4n) is 0.584. The molecule has 1 unspecified atom stereocenters. The number of hydrogen-bond donors (Lipinski definition) is 3. The van der Waals surface area contributed by atoms with E-state index in [2.05, 4.69) is 4.74 Å². The van der Waals surface area contributed by atoms with E-state index in [0.717, 1.165) is 0 Å². The highest BCUT2D eigenvalue weighted by molar-refractivity contribution is 4.75. The van der Waals surface area contributed by atoms with Crippen LogP contribution < -0.4 is 0 Å². The van der Waals surface area contributed by atoms with Gasteiger partial charge >= 0.3 is 0 Å². The van der Waals surface area contributed by atoms with Crippen molar-refractivity contribution in [2.45, 2.75) is 18.5 Å². The first kappa shape index (κ1) is 5.97. The van der Waals surface area contributed by atoms with Gasteiger partial charge in [0, 0.05) is 0 Å². The second kappa shape index (κ2) is 1.99. The Hall–Kier alpha value is -0.160. The predicted octanol–water partition coefficient (Wildman–Crippen LogP) is -1.94. The average Bonchev–Trinajstić information content (AvgIpc) is 1.98. The number of aliphatic hydroxyl groups is 3. The fraction of sp³-hybridized carbons (Fsp3) is 1.00. The second-order valence-corrected chi connectivity index (χ2v) is 1.78. The predicted molar refractivity (Wildman–Crippen MR) is 24.0 cm³/mol. The lowest BCUT2D eigenvalue weighted by Gasteiger charge is -2.06. The van der Waals surface area contributed by atoms with E-state index >= 15 is 0 Å². The summed E-state index contributed by atoms with van der Waals surface area (Å²) in [5.41, 5.74) is 0. The topological polar surface area (TPSA) is 69.9 Å². The van der Waals surface area contributed by atoms with Crippen LogP contribution in [0.5, 0.6) is 0 Å². The Labute approximate surface area is 46.3 Å². The highest BCUT2D eigenvalue weighted by atomic mass is 16.6. The molecule has 0 radical (unpaired) electrons. The lowest BCUT2D eigenvalue weighted by Crippen LogP contribution is -2.29. The molecule has 1 rings (SSSR count). The lowest BCUT2D eigenvalue weighted by molar-refractivity contribution is -0.111. The van der Waals surface area contributed by atoms with Crippen LogP contribution in [0.15, 0.2) is 0 Å². The number of rotatable bonds is 0. The van der Waals surface area contributed by atoms with Gasteiger partial charge in [0.05, 0.1) is 6.61 Å². The standard InChI is InChI=1S/C4H8O4/c5-2-1-8-4(7)3(2)6/h2-7H,1H2/t2-,3-,4?/m0/s1. The molecule has 0 amide bonds. The van der Waals surface area contributed by atoms with Crippen molar-refractivity contribution in [1.29, 1.82) is 0 Å². The third kappa shape index (κ3) is 0.830. The first-order chi connectivity index (χ1) is 3.72. The first-order valence-electron chi connectivity index (χ1n) is 2.37. The zero-order valence-electron chi connectivity index (χ0n) is 4.19. The van der Waals surface area contributed by atoms with E-state index < -0.39 is 18.5 Å². The minimum absolute atomic E-state index is 0.0162. The molecule has 48 valence electrons. The SMILES string of the molecule is OC1OC[C@H](O)[C@@H]1O. The smallest absolute Gasteiger partial charge is 0.183 e. The van der Waals surface area contributed by atoms with Gasteiger partial charge in [-0.2, -0.15) is 0 Å². The van der Waals surface area contributed by atoms with Crippen molar-refractivity contribution in [1.82, 2.24) is 0 Å². The molecular weight excluding hydrogens is 112 g/mol. The maximum Gasteiger partial charge on any atom is 0.183 e. The average molecular weight is 120 g/mol. The van der Waals surface area contributed by atoms with Gasteiger partial charge in [-0.15, -0.1) is 0 Å². The Bertz CT molecular complexity index is 74.1. The molecule has 4 nitrogen and oxygen atoms in total. The Balaban J connectivity index is 2.44. The summed E-state index contributed by atoms with van der Waals surface area (Å²) < 4.78 is 4.43. The largest absolute Gasteiger partial charge is 0.388 e. The van der Waals surface area contributed by atoms with Crippen LogP contribution >= 0.6 is 0 Å². The Kier molecular flexibility index (Phi) is 1.48. The van der Waals surface area contributed by atoms with Gasteiger partial charge in [0.1, 0.15) is 12.2 Å². The summed E-state index contributed by atoms with van der Waals surface area (Å²) in [6.07, 6.45) is -3.26. The van der Waals surface area contributed by atoms with E-state index in [0.29, 0.717) is 0 Å². The summed E-state index contributed by atoms with van der Waals surface area (Å²) in [4.78, 5) is 0.